The Labute approximate surface area is 183 Å². The summed E-state index contributed by atoms with van der Waals surface area (Å²) in [5.74, 6) is -1.41. The minimum Gasteiger partial charge on any atom is -0.441 e. The number of anilines is 1. The Hall–Kier alpha value is -2.65. The Morgan fingerprint density at radius 2 is 1.90 bits per heavy atom. The van der Waals surface area contributed by atoms with Crippen LogP contribution in [0.25, 0.3) is 11.3 Å². The van der Waals surface area contributed by atoms with Crippen LogP contribution in [0, 0.1) is 11.6 Å². The second kappa shape index (κ2) is 10.1. The molecule has 1 amide bonds. The zero-order valence-corrected chi connectivity index (χ0v) is 17.9. The quantitative estimate of drug-likeness (QED) is 0.552. The first-order chi connectivity index (χ1) is 15.1. The predicted molar refractivity (Wildman–Crippen MR) is 115 cm³/mol. The molecule has 0 bridgehead atoms. The van der Waals surface area contributed by atoms with Gasteiger partial charge >= 0.3 is 0 Å². The van der Waals surface area contributed by atoms with Crippen molar-refractivity contribution in [2.24, 2.45) is 0 Å². The summed E-state index contributed by atoms with van der Waals surface area (Å²) < 4.78 is 33.2. The molecule has 6 nitrogen and oxygen atoms in total. The van der Waals surface area contributed by atoms with Crippen LogP contribution in [0.3, 0.4) is 0 Å². The maximum atomic E-state index is 13.9. The average molecular weight is 447 g/mol. The highest BCUT2D eigenvalue weighted by Gasteiger charge is 2.17. The number of halogens is 2. The first kappa shape index (κ1) is 21.6. The molecule has 0 saturated carbocycles. The number of benzene rings is 1. The van der Waals surface area contributed by atoms with Crippen molar-refractivity contribution in [3.8, 4) is 11.3 Å². The molecule has 9 heteroatoms. The maximum absolute atomic E-state index is 13.9. The number of amides is 1. The van der Waals surface area contributed by atoms with Gasteiger partial charge in [-0.25, -0.2) is 18.7 Å². The summed E-state index contributed by atoms with van der Waals surface area (Å²) in [6.07, 6.45) is 6.63. The van der Waals surface area contributed by atoms with Gasteiger partial charge < -0.3 is 9.73 Å². The standard InChI is InChI=1S/C22H24F2N4O2S/c23-16-6-5-7-17(24)21(16)18-12-25-20(30-18)9-8-19(29)27-22-26-15(14-31-22)13-28-10-3-1-2-4-11-28/h5-7,12,14H,1-4,8-11,13H2,(H,26,27,29). The fourth-order valence-electron chi connectivity index (χ4n) is 3.64. The molecule has 1 fully saturated rings. The van der Waals surface area contributed by atoms with Crippen molar-refractivity contribution in [1.82, 2.24) is 14.9 Å². The van der Waals surface area contributed by atoms with Gasteiger partial charge in [-0.2, -0.15) is 0 Å². The van der Waals surface area contributed by atoms with Gasteiger partial charge in [0.2, 0.25) is 5.91 Å². The Kier molecular flexibility index (Phi) is 7.03. The minimum absolute atomic E-state index is 0.00378. The van der Waals surface area contributed by atoms with Gasteiger partial charge in [-0.15, -0.1) is 11.3 Å². The molecule has 0 radical (unpaired) electrons. The van der Waals surface area contributed by atoms with Gasteiger partial charge in [0.1, 0.15) is 11.6 Å². The third-order valence-electron chi connectivity index (χ3n) is 5.21. The lowest BCUT2D eigenvalue weighted by Gasteiger charge is -2.17. The molecule has 3 heterocycles. The molecule has 1 aliphatic rings. The van der Waals surface area contributed by atoms with Crippen molar-refractivity contribution in [1.29, 1.82) is 0 Å². The summed E-state index contributed by atoms with van der Waals surface area (Å²) in [4.78, 5) is 23.2. The van der Waals surface area contributed by atoms with E-state index in [-0.39, 0.29) is 36.0 Å². The second-order valence-corrected chi connectivity index (χ2v) is 8.46. The number of likely N-dealkylation sites (tertiary alicyclic amines) is 1. The molecule has 3 aromatic rings. The minimum atomic E-state index is -0.722. The SMILES string of the molecule is O=C(CCc1ncc(-c2c(F)cccc2F)o1)Nc1nc(CN2CCCCCC2)cs1. The van der Waals surface area contributed by atoms with E-state index < -0.39 is 11.6 Å². The number of nitrogens with one attached hydrogen (secondary N) is 1. The first-order valence-corrected chi connectivity index (χ1v) is 11.3. The number of oxazole rings is 1. The van der Waals surface area contributed by atoms with Crippen LogP contribution < -0.4 is 5.32 Å². The number of aromatic nitrogens is 2. The molecule has 31 heavy (non-hydrogen) atoms. The fourth-order valence-corrected chi connectivity index (χ4v) is 4.35. The summed E-state index contributed by atoms with van der Waals surface area (Å²) in [5.41, 5.74) is 0.705. The third-order valence-corrected chi connectivity index (χ3v) is 6.02. The molecular formula is C22H24F2N4O2S. The lowest BCUT2D eigenvalue weighted by atomic mass is 10.1. The number of hydrogen-bond acceptors (Lipinski definition) is 6. The maximum Gasteiger partial charge on any atom is 0.226 e. The molecule has 0 unspecified atom stereocenters. The first-order valence-electron chi connectivity index (χ1n) is 10.4. The molecule has 1 N–H and O–H groups in total. The summed E-state index contributed by atoms with van der Waals surface area (Å²) >= 11 is 1.41. The number of aryl methyl sites for hydroxylation is 1. The van der Waals surface area contributed by atoms with Gasteiger partial charge in [-0.1, -0.05) is 18.9 Å². The Morgan fingerprint density at radius 1 is 1.16 bits per heavy atom. The average Bonchev–Trinajstić information content (AvgIpc) is 3.30. The number of carbonyl (C=O) groups is 1. The lowest BCUT2D eigenvalue weighted by Crippen LogP contribution is -2.24. The van der Waals surface area contributed by atoms with Gasteiger partial charge in [-0.3, -0.25) is 9.69 Å². The van der Waals surface area contributed by atoms with Crippen LogP contribution >= 0.6 is 11.3 Å². The summed E-state index contributed by atoms with van der Waals surface area (Å²) in [6, 6.07) is 3.60. The Bertz CT molecular complexity index is 1010. The van der Waals surface area contributed by atoms with Crippen LogP contribution in [0.5, 0.6) is 0 Å². The van der Waals surface area contributed by atoms with Crippen LogP contribution in [0.4, 0.5) is 13.9 Å². The van der Waals surface area contributed by atoms with E-state index in [1.54, 1.807) is 0 Å². The normalized spacial score (nSPS) is 15.0. The molecule has 1 aliphatic heterocycles. The molecule has 1 saturated heterocycles. The molecule has 0 spiro atoms. The molecule has 2 aromatic heterocycles. The Balaban J connectivity index is 1.28. The number of thiazole rings is 1. The zero-order valence-electron chi connectivity index (χ0n) is 17.1. The Morgan fingerprint density at radius 3 is 2.65 bits per heavy atom. The predicted octanol–water partition coefficient (Wildman–Crippen LogP) is 5.02. The highest BCUT2D eigenvalue weighted by Crippen LogP contribution is 2.27. The lowest BCUT2D eigenvalue weighted by molar-refractivity contribution is -0.116. The number of carbonyl (C=O) groups excluding carboxylic acids is 1. The van der Waals surface area contributed by atoms with Crippen molar-refractivity contribution < 1.29 is 18.0 Å². The third kappa shape index (κ3) is 5.74. The van der Waals surface area contributed by atoms with E-state index in [4.69, 9.17) is 4.42 Å². The van der Waals surface area contributed by atoms with E-state index in [9.17, 15) is 13.6 Å². The van der Waals surface area contributed by atoms with Crippen molar-refractivity contribution >= 4 is 22.4 Å². The molecular weight excluding hydrogens is 422 g/mol. The molecule has 0 aliphatic carbocycles. The molecule has 4 rings (SSSR count). The van der Waals surface area contributed by atoms with Crippen LogP contribution in [0.1, 0.15) is 43.7 Å². The van der Waals surface area contributed by atoms with Gasteiger partial charge in [0, 0.05) is 24.8 Å². The molecule has 0 atom stereocenters. The number of hydrogen-bond donors (Lipinski definition) is 1. The van der Waals surface area contributed by atoms with Gasteiger partial charge in [0.25, 0.3) is 0 Å². The van der Waals surface area contributed by atoms with Crippen molar-refractivity contribution in [3.63, 3.8) is 0 Å². The topological polar surface area (TPSA) is 71.3 Å². The van der Waals surface area contributed by atoms with Gasteiger partial charge in [0.05, 0.1) is 17.5 Å². The number of nitrogens with zero attached hydrogens (tertiary/aromatic N) is 3. The summed E-state index contributed by atoms with van der Waals surface area (Å²) in [5, 5.41) is 5.34. The van der Waals surface area contributed by atoms with Crippen LogP contribution in [-0.4, -0.2) is 33.9 Å². The summed E-state index contributed by atoms with van der Waals surface area (Å²) in [6.45, 7) is 2.99. The van der Waals surface area contributed by atoms with E-state index >= 15 is 0 Å². The molecule has 164 valence electrons. The van der Waals surface area contributed by atoms with Crippen molar-refractivity contribution in [2.45, 2.75) is 45.1 Å². The molecule has 1 aromatic carbocycles. The van der Waals surface area contributed by atoms with E-state index in [0.29, 0.717) is 5.13 Å². The van der Waals surface area contributed by atoms with E-state index in [1.807, 2.05) is 5.38 Å². The highest BCUT2D eigenvalue weighted by molar-refractivity contribution is 7.13. The van der Waals surface area contributed by atoms with Crippen molar-refractivity contribution in [2.75, 3.05) is 18.4 Å². The van der Waals surface area contributed by atoms with Crippen LogP contribution in [-0.2, 0) is 17.8 Å². The van der Waals surface area contributed by atoms with E-state index in [2.05, 4.69) is 20.2 Å². The smallest absolute Gasteiger partial charge is 0.226 e. The van der Waals surface area contributed by atoms with Gasteiger partial charge in [0.15, 0.2) is 16.8 Å². The second-order valence-electron chi connectivity index (χ2n) is 7.60. The van der Waals surface area contributed by atoms with Crippen molar-refractivity contribution in [3.05, 3.63) is 53.0 Å². The van der Waals surface area contributed by atoms with Crippen LogP contribution in [0.2, 0.25) is 0 Å². The zero-order chi connectivity index (χ0) is 21.6. The van der Waals surface area contributed by atoms with E-state index in [0.717, 1.165) is 37.5 Å². The number of rotatable bonds is 7. The fraction of sp³-hybridized carbons (Fsp3) is 0.409. The monoisotopic (exact) mass is 446 g/mol. The largest absolute Gasteiger partial charge is 0.441 e. The summed E-state index contributed by atoms with van der Waals surface area (Å²) in [7, 11) is 0. The highest BCUT2D eigenvalue weighted by atomic mass is 32.1. The van der Waals surface area contributed by atoms with Gasteiger partial charge in [-0.05, 0) is 38.1 Å². The van der Waals surface area contributed by atoms with Crippen LogP contribution in [0.15, 0.2) is 34.2 Å². The van der Waals surface area contributed by atoms with E-state index in [1.165, 1.54) is 49.3 Å².